The molecule has 0 fully saturated rings. The molecule has 0 aliphatic carbocycles. The van der Waals surface area contributed by atoms with Crippen molar-refractivity contribution in [2.45, 2.75) is 51.1 Å². The molecule has 4 aromatic rings. The molecule has 0 saturated heterocycles. The Labute approximate surface area is 185 Å². The van der Waals surface area contributed by atoms with Crippen LogP contribution in [0, 0.1) is 13.8 Å². The third-order valence-corrected chi connectivity index (χ3v) is 6.03. The lowest BCUT2D eigenvalue weighted by Gasteiger charge is -2.14. The number of fused-ring (bicyclic) bond motifs is 1. The van der Waals surface area contributed by atoms with E-state index in [9.17, 15) is 4.79 Å². The van der Waals surface area contributed by atoms with Crippen molar-refractivity contribution in [3.63, 3.8) is 0 Å². The van der Waals surface area contributed by atoms with Gasteiger partial charge >= 0.3 is 0 Å². The van der Waals surface area contributed by atoms with Gasteiger partial charge in [0.25, 0.3) is 0 Å². The van der Waals surface area contributed by atoms with E-state index in [4.69, 9.17) is 10.1 Å². The maximum Gasteiger partial charge on any atom is 0.238 e. The Morgan fingerprint density at radius 1 is 1.10 bits per heavy atom. The van der Waals surface area contributed by atoms with Gasteiger partial charge in [-0.15, -0.1) is 0 Å². The smallest absolute Gasteiger partial charge is 0.238 e. The van der Waals surface area contributed by atoms with E-state index >= 15 is 0 Å². The molecule has 1 aromatic carbocycles. The minimum Gasteiger partial charge on any atom is -0.310 e. The summed E-state index contributed by atoms with van der Waals surface area (Å²) in [5.41, 5.74) is 4.87. The van der Waals surface area contributed by atoms with Gasteiger partial charge in [0.1, 0.15) is 5.82 Å². The van der Waals surface area contributed by atoms with Gasteiger partial charge in [-0.1, -0.05) is 42.1 Å². The topological polar surface area (TPSA) is 77.1 Å². The largest absolute Gasteiger partial charge is 0.310 e. The van der Waals surface area contributed by atoms with Crippen LogP contribution in [-0.4, -0.2) is 35.5 Å². The van der Waals surface area contributed by atoms with Crippen molar-refractivity contribution in [1.29, 1.82) is 0 Å². The summed E-state index contributed by atoms with van der Waals surface area (Å²) >= 11 is 1.40. The number of hydrogen-bond donors (Lipinski definition) is 1. The molecule has 1 amide bonds. The Bertz CT molecular complexity index is 1230. The van der Waals surface area contributed by atoms with Gasteiger partial charge in [0.2, 0.25) is 5.91 Å². The number of benzene rings is 1. The van der Waals surface area contributed by atoms with Crippen molar-refractivity contribution in [3.8, 4) is 11.3 Å². The lowest BCUT2D eigenvalue weighted by atomic mass is 10.1. The molecular formula is C23H26N6OS. The van der Waals surface area contributed by atoms with Crippen molar-refractivity contribution in [3.05, 3.63) is 59.9 Å². The fourth-order valence-corrected chi connectivity index (χ4v) is 4.40. The SMILES string of the molecule is Cc1cc(C)c2c(-c3ccccc3)nc(S[C@H](C)C(=O)Nc3ccnn3C(C)C)n2n1. The van der Waals surface area contributed by atoms with Crippen LogP contribution in [0.2, 0.25) is 0 Å². The van der Waals surface area contributed by atoms with Gasteiger partial charge in [0.15, 0.2) is 5.16 Å². The molecule has 0 unspecified atom stereocenters. The molecule has 0 aliphatic heterocycles. The van der Waals surface area contributed by atoms with E-state index in [0.29, 0.717) is 11.0 Å². The third kappa shape index (κ3) is 4.20. The molecule has 0 radical (unpaired) electrons. The van der Waals surface area contributed by atoms with Crippen LogP contribution in [0.15, 0.2) is 53.8 Å². The summed E-state index contributed by atoms with van der Waals surface area (Å²) in [5, 5.41) is 12.3. The number of imidazole rings is 1. The molecule has 0 spiro atoms. The Morgan fingerprint density at radius 2 is 1.84 bits per heavy atom. The predicted octanol–water partition coefficient (Wildman–Crippen LogP) is 4.91. The zero-order valence-corrected chi connectivity index (χ0v) is 19.1. The van der Waals surface area contributed by atoms with E-state index in [1.54, 1.807) is 10.9 Å². The molecule has 0 bridgehead atoms. The maximum atomic E-state index is 12.9. The van der Waals surface area contributed by atoms with E-state index < -0.39 is 0 Å². The standard InChI is InChI=1S/C23H26N6OS/c1-14(2)28-19(11-12-24-28)25-22(30)17(5)31-23-26-20(18-9-7-6-8-10-18)21-15(3)13-16(4)27-29(21)23/h6-14,17H,1-5H3,(H,25,30)/t17-/m1/s1. The zero-order chi connectivity index (χ0) is 22.1. The van der Waals surface area contributed by atoms with Crippen molar-refractivity contribution in [2.24, 2.45) is 0 Å². The van der Waals surface area contributed by atoms with Crippen LogP contribution in [-0.2, 0) is 4.79 Å². The van der Waals surface area contributed by atoms with Gasteiger partial charge in [-0.3, -0.25) is 4.79 Å². The number of carbonyl (C=O) groups excluding carboxylic acids is 1. The average molecular weight is 435 g/mol. The lowest BCUT2D eigenvalue weighted by Crippen LogP contribution is -2.24. The molecule has 3 heterocycles. The van der Waals surface area contributed by atoms with Crippen molar-refractivity contribution in [1.82, 2.24) is 24.4 Å². The van der Waals surface area contributed by atoms with E-state index in [1.807, 2.05) is 68.6 Å². The first-order valence-corrected chi connectivity index (χ1v) is 11.2. The van der Waals surface area contributed by atoms with Crippen LogP contribution in [0.1, 0.15) is 38.1 Å². The first kappa shape index (κ1) is 21.1. The normalized spacial score (nSPS) is 12.5. The number of hydrogen-bond acceptors (Lipinski definition) is 5. The fourth-order valence-electron chi connectivity index (χ4n) is 3.54. The fraction of sp³-hybridized carbons (Fsp3) is 0.304. The summed E-state index contributed by atoms with van der Waals surface area (Å²) in [4.78, 5) is 17.8. The van der Waals surface area contributed by atoms with Gasteiger partial charge in [0.05, 0.1) is 28.4 Å². The minimum absolute atomic E-state index is 0.102. The van der Waals surface area contributed by atoms with Gasteiger partial charge in [-0.25, -0.2) is 14.2 Å². The highest BCUT2D eigenvalue weighted by atomic mass is 32.2. The molecule has 4 rings (SSSR count). The Hall–Kier alpha value is -3.13. The van der Waals surface area contributed by atoms with Gasteiger partial charge in [0, 0.05) is 17.7 Å². The van der Waals surface area contributed by atoms with Crippen molar-refractivity contribution in [2.75, 3.05) is 5.32 Å². The molecule has 7 nitrogen and oxygen atoms in total. The molecule has 8 heteroatoms. The molecular weight excluding hydrogens is 408 g/mol. The molecule has 3 aromatic heterocycles. The molecule has 1 atom stereocenters. The lowest BCUT2D eigenvalue weighted by molar-refractivity contribution is -0.115. The Morgan fingerprint density at radius 3 is 2.55 bits per heavy atom. The van der Waals surface area contributed by atoms with Gasteiger partial charge in [-0.2, -0.15) is 10.2 Å². The number of aromatic nitrogens is 5. The summed E-state index contributed by atoms with van der Waals surface area (Å²) in [6.07, 6.45) is 1.69. The number of carbonyl (C=O) groups is 1. The average Bonchev–Trinajstić information content (AvgIpc) is 3.34. The quantitative estimate of drug-likeness (QED) is 0.436. The molecule has 160 valence electrons. The second-order valence-corrected chi connectivity index (χ2v) is 9.15. The van der Waals surface area contributed by atoms with Crippen LogP contribution >= 0.6 is 11.8 Å². The summed E-state index contributed by atoms with van der Waals surface area (Å²) in [6, 6.07) is 14.1. The first-order valence-electron chi connectivity index (χ1n) is 10.3. The Kier molecular flexibility index (Phi) is 5.82. The highest BCUT2D eigenvalue weighted by Gasteiger charge is 2.23. The molecule has 0 saturated carbocycles. The van der Waals surface area contributed by atoms with Crippen LogP contribution < -0.4 is 5.32 Å². The number of nitrogens with zero attached hydrogens (tertiary/aromatic N) is 5. The highest BCUT2D eigenvalue weighted by Crippen LogP contribution is 2.32. The van der Waals surface area contributed by atoms with Crippen LogP contribution in [0.5, 0.6) is 0 Å². The maximum absolute atomic E-state index is 12.9. The molecule has 31 heavy (non-hydrogen) atoms. The number of nitrogens with one attached hydrogen (secondary N) is 1. The number of rotatable bonds is 6. The van der Waals surface area contributed by atoms with E-state index in [1.165, 1.54) is 11.8 Å². The molecule has 0 aliphatic rings. The third-order valence-electron chi connectivity index (χ3n) is 4.99. The number of anilines is 1. The highest BCUT2D eigenvalue weighted by molar-refractivity contribution is 8.00. The number of thioether (sulfide) groups is 1. The Balaban J connectivity index is 1.66. The van der Waals surface area contributed by atoms with Gasteiger partial charge < -0.3 is 5.32 Å². The monoisotopic (exact) mass is 434 g/mol. The van der Waals surface area contributed by atoms with E-state index in [-0.39, 0.29) is 17.2 Å². The van der Waals surface area contributed by atoms with Crippen molar-refractivity contribution >= 4 is 29.0 Å². The first-order chi connectivity index (χ1) is 14.8. The van der Waals surface area contributed by atoms with Crippen LogP contribution in [0.4, 0.5) is 5.82 Å². The minimum atomic E-state index is -0.368. The van der Waals surface area contributed by atoms with Gasteiger partial charge in [-0.05, 0) is 46.2 Å². The predicted molar refractivity (Wildman–Crippen MR) is 124 cm³/mol. The summed E-state index contributed by atoms with van der Waals surface area (Å²) in [7, 11) is 0. The second-order valence-electron chi connectivity index (χ2n) is 7.84. The van der Waals surface area contributed by atoms with Crippen LogP contribution in [0.25, 0.3) is 16.8 Å². The summed E-state index contributed by atoms with van der Waals surface area (Å²) < 4.78 is 3.65. The molecule has 1 N–H and O–H groups in total. The number of amides is 1. The summed E-state index contributed by atoms with van der Waals surface area (Å²) in [6.45, 7) is 9.96. The van der Waals surface area contributed by atoms with Crippen LogP contribution in [0.3, 0.4) is 0 Å². The number of aryl methyl sites for hydroxylation is 2. The zero-order valence-electron chi connectivity index (χ0n) is 18.3. The summed E-state index contributed by atoms with van der Waals surface area (Å²) in [5.74, 6) is 0.588. The van der Waals surface area contributed by atoms with E-state index in [2.05, 4.69) is 23.4 Å². The van der Waals surface area contributed by atoms with E-state index in [0.717, 1.165) is 28.0 Å². The van der Waals surface area contributed by atoms with Crippen molar-refractivity contribution < 1.29 is 4.79 Å². The second kappa shape index (κ2) is 8.55.